The van der Waals surface area contributed by atoms with Gasteiger partial charge in [-0.05, 0) is 0 Å². The molecule has 0 unspecified atom stereocenters. The molecular weight excluding hydrogens is 269 g/mol. The third-order valence-electron chi connectivity index (χ3n) is 0. The van der Waals surface area contributed by atoms with E-state index < -0.39 is 13.7 Å². The van der Waals surface area contributed by atoms with Gasteiger partial charge in [0.15, 0.2) is 0 Å². The van der Waals surface area contributed by atoms with E-state index in [4.69, 9.17) is 36.2 Å². The standard InChI is InChI=1S/Cl4HI/c1-5(2,3)4/h5H/i5T. The molecule has 0 aromatic rings. The van der Waals surface area contributed by atoms with Gasteiger partial charge in [0.2, 0.25) is 0 Å². The van der Waals surface area contributed by atoms with Crippen LogP contribution in [0.1, 0.15) is 0 Å². The fourth-order valence-electron chi connectivity index (χ4n) is 0. The third kappa shape index (κ3) is 25.0. The van der Waals surface area contributed by atoms with E-state index in [1.165, 1.54) is 0 Å². The first kappa shape index (κ1) is 5.04. The topological polar surface area (TPSA) is 0 Å². The molecule has 0 saturated carbocycles. The van der Waals surface area contributed by atoms with Crippen LogP contribution in [0.5, 0.6) is 0 Å². The summed E-state index contributed by atoms with van der Waals surface area (Å²) in [7, 11) is 19.7. The fourth-order valence-corrected chi connectivity index (χ4v) is 0. The molecule has 0 radical (unpaired) electrons. The third-order valence-corrected chi connectivity index (χ3v) is 0. The number of hydrogen-bond donors (Lipinski definition) is 0. The zero-order chi connectivity index (χ0) is 5.45. The maximum atomic E-state index is 6.54. The predicted molar refractivity (Wildman–Crippen MR) is 38.8 cm³/mol. The maximum absolute atomic E-state index is 6.54. The Bertz CT molecular complexity index is 40.7. The molecule has 0 atom stereocenters. The zero-order valence-corrected chi connectivity index (χ0v) is 7.07. The normalized spacial score (nSPS) is 23.2. The Morgan fingerprint density at radius 2 is 1.20 bits per heavy atom. The first-order valence-corrected chi connectivity index (χ1v) is 11.5. The molecular formula is HCl4I. The first-order chi connectivity index (χ1) is 2.24. The van der Waals surface area contributed by atoms with Crippen LogP contribution in [0.15, 0.2) is 0 Å². The number of halogens is 5. The predicted octanol–water partition coefficient (Wildman–Crippen LogP) is 3.38. The second kappa shape index (κ2) is 2.26. The molecule has 0 amide bonds. The molecule has 0 saturated heterocycles. The average molecular weight is 272 g/mol. The minimum atomic E-state index is -4.41. The Hall–Kier alpha value is 1.89. The van der Waals surface area contributed by atoms with Crippen LogP contribution < -0.4 is 0 Å². The summed E-state index contributed by atoms with van der Waals surface area (Å²) in [5.41, 5.74) is 0. The van der Waals surface area contributed by atoms with Crippen molar-refractivity contribution >= 4 is 49.4 Å². The van der Waals surface area contributed by atoms with Crippen molar-refractivity contribution in [1.82, 2.24) is 0 Å². The Kier molecular flexibility index (Phi) is 2.28. The molecule has 0 aliphatic carbocycles. The van der Waals surface area contributed by atoms with Crippen LogP contribution in [0.2, 0.25) is 0 Å². The molecule has 0 N–H and O–H groups in total. The summed E-state index contributed by atoms with van der Waals surface area (Å²) in [6, 6.07) is 0. The average Bonchev–Trinajstić information content (AvgIpc) is 0.650. The summed E-state index contributed by atoms with van der Waals surface area (Å²) in [4.78, 5) is 0. The van der Waals surface area contributed by atoms with Crippen molar-refractivity contribution < 1.29 is 0 Å². The Morgan fingerprint density at radius 3 is 1.20 bits per heavy atom. The quantitative estimate of drug-likeness (QED) is 0.593. The fraction of sp³-hybridized carbons (Fsp3) is 0. The summed E-state index contributed by atoms with van der Waals surface area (Å²) in [5, 5.41) is 0. The van der Waals surface area contributed by atoms with Gasteiger partial charge in [-0.25, -0.2) is 0 Å². The van der Waals surface area contributed by atoms with Crippen LogP contribution in [0.3, 0.4) is 0 Å². The van der Waals surface area contributed by atoms with Gasteiger partial charge in [-0.1, -0.05) is 0 Å². The van der Waals surface area contributed by atoms with Crippen LogP contribution in [-0.4, -0.2) is 0.594 Å². The van der Waals surface area contributed by atoms with Crippen LogP contribution in [0.4, 0.5) is 0 Å². The molecule has 0 fully saturated rings. The van der Waals surface area contributed by atoms with E-state index in [-0.39, 0.29) is 0 Å². The Balaban J connectivity index is 3.73. The van der Waals surface area contributed by atoms with E-state index in [1.54, 1.807) is 0 Å². The van der Waals surface area contributed by atoms with Crippen molar-refractivity contribution in [3.05, 3.63) is 0 Å². The second-order valence-corrected chi connectivity index (χ2v) is 19.6. The minimum absolute atomic E-state index is 4.41. The zero-order valence-electron chi connectivity index (χ0n) is 2.89. The van der Waals surface area contributed by atoms with Crippen LogP contribution in [0, 0.1) is 0 Å². The SMILES string of the molecule is [3H]I(Cl)(Cl)(Cl)Cl. The number of rotatable bonds is 0. The van der Waals surface area contributed by atoms with E-state index in [9.17, 15) is 0 Å². The van der Waals surface area contributed by atoms with E-state index in [0.717, 1.165) is 0 Å². The summed E-state index contributed by atoms with van der Waals surface area (Å²) in [5.74, 6) is 0. The van der Waals surface area contributed by atoms with Crippen LogP contribution in [-0.2, 0) is 0 Å². The summed E-state index contributed by atoms with van der Waals surface area (Å²) >= 11 is -4.41. The molecule has 0 spiro atoms. The molecule has 0 nitrogen and oxygen atoms in total. The van der Waals surface area contributed by atoms with Crippen molar-refractivity contribution in [3.63, 3.8) is 0 Å². The molecule has 0 aliphatic heterocycles. The van der Waals surface area contributed by atoms with Crippen LogP contribution in [0.25, 0.3) is 0 Å². The van der Waals surface area contributed by atoms with Crippen molar-refractivity contribution in [1.29, 1.82) is 0.594 Å². The summed E-state index contributed by atoms with van der Waals surface area (Å²) < 4.78 is 6.54. The van der Waals surface area contributed by atoms with Gasteiger partial charge >= 0.3 is 50.0 Å². The molecule has 5 heavy (non-hydrogen) atoms. The summed E-state index contributed by atoms with van der Waals surface area (Å²) in [6.07, 6.45) is 0. The molecule has 0 aromatic heterocycles. The molecule has 0 rings (SSSR count). The van der Waals surface area contributed by atoms with Gasteiger partial charge in [-0.15, -0.1) is 0 Å². The molecule has 0 aliphatic rings. The van der Waals surface area contributed by atoms with Crippen molar-refractivity contribution in [2.24, 2.45) is 0 Å². The van der Waals surface area contributed by atoms with E-state index >= 15 is 0 Å². The monoisotopic (exact) mass is 270 g/mol. The van der Waals surface area contributed by atoms with Gasteiger partial charge in [0.1, 0.15) is 0 Å². The number of hydrogen-bond acceptors (Lipinski definition) is 0. The van der Waals surface area contributed by atoms with Gasteiger partial charge in [-0.2, -0.15) is 0 Å². The van der Waals surface area contributed by atoms with Gasteiger partial charge in [-0.3, -0.25) is 0 Å². The van der Waals surface area contributed by atoms with Gasteiger partial charge in [0.05, 0.1) is 0 Å². The molecule has 0 heterocycles. The van der Waals surface area contributed by atoms with E-state index in [2.05, 4.69) is 0 Å². The Labute approximate surface area is 49.5 Å². The van der Waals surface area contributed by atoms with E-state index in [1.807, 2.05) is 0 Å². The van der Waals surface area contributed by atoms with Crippen LogP contribution >= 0.6 is 49.4 Å². The van der Waals surface area contributed by atoms with Crippen molar-refractivity contribution in [3.8, 4) is 0 Å². The molecule has 0 bridgehead atoms. The van der Waals surface area contributed by atoms with Gasteiger partial charge in [0.25, 0.3) is 0 Å². The second-order valence-electron chi connectivity index (χ2n) is 0.324. The van der Waals surface area contributed by atoms with Crippen molar-refractivity contribution in [2.45, 2.75) is 0 Å². The summed E-state index contributed by atoms with van der Waals surface area (Å²) in [6.45, 7) is 0. The van der Waals surface area contributed by atoms with Gasteiger partial charge < -0.3 is 0 Å². The molecule has 5 heteroatoms. The van der Waals surface area contributed by atoms with E-state index in [0.29, 0.717) is 0 Å². The van der Waals surface area contributed by atoms with Gasteiger partial charge in [0, 0.05) is 0 Å². The van der Waals surface area contributed by atoms with Crippen molar-refractivity contribution in [2.75, 3.05) is 0 Å². The first-order valence-electron chi connectivity index (χ1n) is 0.949. The molecule has 36 valence electrons. The molecule has 0 aromatic carbocycles. The Morgan fingerprint density at radius 1 is 1.20 bits per heavy atom.